The number of fused-ring (bicyclic) bond motifs is 2. The Hall–Kier alpha value is -5.62. The first-order valence-electron chi connectivity index (χ1n) is 15.7. The highest BCUT2D eigenvalue weighted by Gasteiger charge is 2.32. The number of allylic oxidation sites excluding steroid dienone is 2. The average Bonchev–Trinajstić information content (AvgIpc) is 3.56. The number of aryl methyl sites for hydroxylation is 1. The molecule has 1 aliphatic rings. The van der Waals surface area contributed by atoms with Gasteiger partial charge in [-0.25, -0.2) is 0 Å². The third-order valence-corrected chi connectivity index (χ3v) is 8.96. The molecule has 0 spiro atoms. The zero-order valence-corrected chi connectivity index (χ0v) is 28.5. The van der Waals surface area contributed by atoms with Gasteiger partial charge in [0.05, 0.1) is 27.5 Å². The van der Waals surface area contributed by atoms with Crippen molar-refractivity contribution in [3.63, 3.8) is 0 Å². The molecule has 0 saturated heterocycles. The van der Waals surface area contributed by atoms with E-state index in [9.17, 15) is 14.4 Å². The number of rotatable bonds is 10. The number of amides is 2. The second kappa shape index (κ2) is 15.9. The van der Waals surface area contributed by atoms with Gasteiger partial charge in [-0.15, -0.1) is 0 Å². The maximum Gasteiger partial charge on any atom is 0.373 e. The molecule has 4 aromatic carbocycles. The van der Waals surface area contributed by atoms with Crippen molar-refractivity contribution in [2.24, 2.45) is 7.05 Å². The molecule has 2 amide bonds. The van der Waals surface area contributed by atoms with E-state index < -0.39 is 30.2 Å². The molecule has 0 bridgehead atoms. The number of carbonyl (C=O) groups is 3. The molecule has 0 saturated carbocycles. The molecule has 0 fully saturated rings. The van der Waals surface area contributed by atoms with E-state index in [0.29, 0.717) is 34.6 Å². The van der Waals surface area contributed by atoms with Crippen LogP contribution in [0, 0.1) is 0 Å². The molecular formula is C38H38Cl2N6O5+2. The number of carboxylic acid groups (broad SMARTS) is 1. The number of anilines is 2. The maximum atomic E-state index is 12.7. The predicted octanol–water partition coefficient (Wildman–Crippen LogP) is 5.63. The van der Waals surface area contributed by atoms with E-state index >= 15 is 0 Å². The van der Waals surface area contributed by atoms with E-state index in [2.05, 4.69) is 38.5 Å². The van der Waals surface area contributed by atoms with Crippen LogP contribution in [-0.4, -0.2) is 28.9 Å². The Morgan fingerprint density at radius 1 is 0.882 bits per heavy atom. The molecule has 1 aliphatic heterocycles. The lowest BCUT2D eigenvalue weighted by molar-refractivity contribution is -0.652. The highest BCUT2D eigenvalue weighted by Crippen LogP contribution is 2.47. The van der Waals surface area contributed by atoms with Gasteiger partial charge in [-0.2, -0.15) is 4.57 Å². The van der Waals surface area contributed by atoms with Crippen LogP contribution in [0.4, 0.5) is 11.4 Å². The fourth-order valence-electron chi connectivity index (χ4n) is 5.65. The van der Waals surface area contributed by atoms with Crippen LogP contribution in [0.25, 0.3) is 17.2 Å². The van der Waals surface area contributed by atoms with Crippen LogP contribution in [0.5, 0.6) is 0 Å². The van der Waals surface area contributed by atoms with Crippen LogP contribution in [0.1, 0.15) is 41.2 Å². The summed E-state index contributed by atoms with van der Waals surface area (Å²) in [5.74, 6) is -0.870. The van der Waals surface area contributed by atoms with Crippen molar-refractivity contribution in [1.29, 1.82) is 0 Å². The number of quaternary nitrogens is 1. The Morgan fingerprint density at radius 3 is 2.08 bits per heavy atom. The predicted molar refractivity (Wildman–Crippen MR) is 197 cm³/mol. The summed E-state index contributed by atoms with van der Waals surface area (Å²) < 4.78 is 8.08. The van der Waals surface area contributed by atoms with Crippen molar-refractivity contribution in [2.45, 2.75) is 33.0 Å². The standard InChI is InChI=1S/C37H32Cl2N6O5.CH4/c1-43-29-10-5-6-11-32(29)50-34(43)13-7-12-33-44(21-23-8-3-2-4-9-23)30-18-26(38)27(39)19-31(30)45(33)22-24-14-16-25(17-15-24)36(48)41-42-37(49)28(40)20-35(46)47;/h2-19,28H,20-22,40H2,1H3,(H2-,41,42,46,47,48,49);1H4/p+2. The Bertz CT molecular complexity index is 2130. The molecule has 2 heterocycles. The number of hydrogen-bond acceptors (Lipinski definition) is 6. The van der Waals surface area contributed by atoms with Gasteiger partial charge in [0.25, 0.3) is 17.3 Å². The molecule has 1 aromatic heterocycles. The van der Waals surface area contributed by atoms with Crippen LogP contribution in [0.15, 0.2) is 113 Å². The Kier molecular flexibility index (Phi) is 11.5. The van der Waals surface area contributed by atoms with Gasteiger partial charge in [0.15, 0.2) is 6.04 Å². The summed E-state index contributed by atoms with van der Waals surface area (Å²) in [5, 5.41) is 9.74. The summed E-state index contributed by atoms with van der Waals surface area (Å²) in [4.78, 5) is 40.0. The lowest BCUT2D eigenvalue weighted by Crippen LogP contribution is -2.69. The summed E-state index contributed by atoms with van der Waals surface area (Å²) in [6, 6.07) is 27.6. The average molecular weight is 730 g/mol. The van der Waals surface area contributed by atoms with E-state index in [1.54, 1.807) is 12.1 Å². The highest BCUT2D eigenvalue weighted by atomic mass is 35.5. The molecule has 51 heavy (non-hydrogen) atoms. The number of carbonyl (C=O) groups excluding carboxylic acids is 2. The number of oxazole rings is 1. The number of carboxylic acids is 1. The fourth-order valence-corrected chi connectivity index (χ4v) is 5.97. The van der Waals surface area contributed by atoms with Crippen LogP contribution < -0.4 is 31.0 Å². The number of halogens is 2. The molecule has 11 nitrogen and oxygen atoms in total. The van der Waals surface area contributed by atoms with Gasteiger partial charge in [0, 0.05) is 24.7 Å². The molecule has 0 aliphatic carbocycles. The van der Waals surface area contributed by atoms with Crippen molar-refractivity contribution in [2.75, 3.05) is 9.80 Å². The van der Waals surface area contributed by atoms with Gasteiger partial charge >= 0.3 is 11.9 Å². The molecule has 1 atom stereocenters. The lowest BCUT2D eigenvalue weighted by Gasteiger charge is -2.25. The summed E-state index contributed by atoms with van der Waals surface area (Å²) >= 11 is 13.1. The Labute approximate surface area is 305 Å². The molecule has 6 rings (SSSR count). The topological polar surface area (TPSA) is 147 Å². The molecule has 0 radical (unpaired) electrons. The SMILES string of the molecule is C.C[n+]1c(C=CC=C2N(Cc3ccccc3)c3cc(Cl)c(Cl)cc3N2Cc2ccc(C(=O)NNC(=O)C([NH3+])CC(=O)O)cc2)oc2ccccc21. The van der Waals surface area contributed by atoms with E-state index in [4.69, 9.17) is 32.7 Å². The largest absolute Gasteiger partial charge is 0.481 e. The van der Waals surface area contributed by atoms with Gasteiger partial charge in [-0.05, 0) is 53.6 Å². The molecule has 5 aromatic rings. The van der Waals surface area contributed by atoms with Crippen molar-refractivity contribution in [3.05, 3.63) is 142 Å². The Balaban J connectivity index is 0.00000504. The monoisotopic (exact) mass is 728 g/mol. The Morgan fingerprint density at radius 2 is 1.47 bits per heavy atom. The number of hydrogen-bond donors (Lipinski definition) is 4. The van der Waals surface area contributed by atoms with Gasteiger partial charge in [-0.3, -0.25) is 25.2 Å². The van der Waals surface area contributed by atoms with Crippen molar-refractivity contribution in [1.82, 2.24) is 10.9 Å². The number of nitrogens with zero attached hydrogens (tertiary/aromatic N) is 3. The summed E-state index contributed by atoms with van der Waals surface area (Å²) in [5.41, 5.74) is 13.9. The smallest absolute Gasteiger partial charge is 0.373 e. The van der Waals surface area contributed by atoms with Crippen LogP contribution >= 0.6 is 23.2 Å². The third-order valence-electron chi connectivity index (χ3n) is 8.24. The van der Waals surface area contributed by atoms with Gasteiger partial charge < -0.3 is 25.1 Å². The summed E-state index contributed by atoms with van der Waals surface area (Å²) in [7, 11) is 1.96. The van der Waals surface area contributed by atoms with Crippen molar-refractivity contribution < 1.29 is 34.2 Å². The zero-order chi connectivity index (χ0) is 35.4. The van der Waals surface area contributed by atoms with Crippen LogP contribution in [0.3, 0.4) is 0 Å². The number of aromatic nitrogens is 1. The minimum Gasteiger partial charge on any atom is -0.481 e. The third kappa shape index (κ3) is 8.24. The second-order valence-electron chi connectivity index (χ2n) is 11.7. The van der Waals surface area contributed by atoms with E-state index in [1.807, 2.05) is 96.6 Å². The molecule has 6 N–H and O–H groups in total. The molecule has 1 unspecified atom stereocenters. The van der Waals surface area contributed by atoms with Gasteiger partial charge in [0.1, 0.15) is 19.3 Å². The van der Waals surface area contributed by atoms with E-state index in [0.717, 1.165) is 39.4 Å². The summed E-state index contributed by atoms with van der Waals surface area (Å²) in [6.45, 7) is 0.983. The normalized spacial score (nSPS) is 13.7. The molecular weight excluding hydrogens is 691 g/mol. The molecule has 13 heteroatoms. The highest BCUT2D eigenvalue weighted by molar-refractivity contribution is 6.42. The van der Waals surface area contributed by atoms with Crippen molar-refractivity contribution >= 4 is 69.5 Å². The van der Waals surface area contributed by atoms with Crippen LogP contribution in [0.2, 0.25) is 10.0 Å². The fraction of sp³-hybridized carbons (Fsp3) is 0.158. The number of aliphatic carboxylic acids is 1. The first kappa shape index (κ1) is 36.7. The van der Waals surface area contributed by atoms with Gasteiger partial charge in [-0.1, -0.05) is 85.2 Å². The quantitative estimate of drug-likeness (QED) is 0.108. The second-order valence-corrected chi connectivity index (χ2v) is 12.5. The van der Waals surface area contributed by atoms with Gasteiger partial charge in [0.2, 0.25) is 5.58 Å². The first-order valence-corrected chi connectivity index (χ1v) is 16.4. The molecule has 262 valence electrons. The first-order chi connectivity index (χ1) is 24.1. The zero-order valence-electron chi connectivity index (χ0n) is 27.0. The van der Waals surface area contributed by atoms with E-state index in [1.165, 1.54) is 0 Å². The van der Waals surface area contributed by atoms with E-state index in [-0.39, 0.29) is 7.43 Å². The van der Waals surface area contributed by atoms with Crippen LogP contribution in [-0.2, 0) is 29.7 Å². The number of benzene rings is 4. The lowest BCUT2D eigenvalue weighted by atomic mass is 10.1. The number of hydrazine groups is 1. The number of nitrogens with one attached hydrogen (secondary N) is 2. The minimum atomic E-state index is -1.16. The number of para-hydroxylation sites is 2. The summed E-state index contributed by atoms with van der Waals surface area (Å²) in [6.07, 6.45) is 5.42. The van der Waals surface area contributed by atoms with Crippen molar-refractivity contribution in [3.8, 4) is 0 Å². The maximum absolute atomic E-state index is 12.7. The minimum absolute atomic E-state index is 0.